The van der Waals surface area contributed by atoms with Crippen LogP contribution in [0, 0.1) is 5.82 Å². The highest BCUT2D eigenvalue weighted by atomic mass is 19.1. The molecule has 2 amide bonds. The number of para-hydroxylation sites is 1. The first-order chi connectivity index (χ1) is 8.99. The number of urea groups is 1. The van der Waals surface area contributed by atoms with Gasteiger partial charge in [0.2, 0.25) is 0 Å². The fourth-order valence-corrected chi connectivity index (χ4v) is 2.02. The van der Waals surface area contributed by atoms with Crippen molar-refractivity contribution >= 4 is 17.7 Å². The smallest absolute Gasteiger partial charge is 0.326 e. The van der Waals surface area contributed by atoms with E-state index in [0.717, 1.165) is 4.90 Å². The fourth-order valence-electron chi connectivity index (χ4n) is 2.02. The topological polar surface area (TPSA) is 89.9 Å². The summed E-state index contributed by atoms with van der Waals surface area (Å²) in [6.45, 7) is -0.0861. The van der Waals surface area contributed by atoms with Gasteiger partial charge in [-0.05, 0) is 12.1 Å². The number of β-amino-alcohol motifs (C(OH)–C–C–N with tert-alkyl or cyclic N) is 1. The molecule has 102 valence electrons. The lowest BCUT2D eigenvalue weighted by molar-refractivity contribution is -0.141. The van der Waals surface area contributed by atoms with E-state index in [-0.39, 0.29) is 18.7 Å². The normalized spacial score (nSPS) is 22.3. The first-order valence-corrected chi connectivity index (χ1v) is 5.72. The molecule has 2 unspecified atom stereocenters. The molecule has 1 heterocycles. The van der Waals surface area contributed by atoms with E-state index in [1.807, 2.05) is 0 Å². The van der Waals surface area contributed by atoms with Gasteiger partial charge in [0, 0.05) is 13.0 Å². The standard InChI is InChI=1S/C12H13FN2O4/c13-8-3-1-2-4-9(8)14-12(19)15-6-7(16)5-10(15)11(17)18/h1-4,7,10,16H,5-6H2,(H,14,19)(H,17,18). The van der Waals surface area contributed by atoms with Crippen LogP contribution in [0.15, 0.2) is 24.3 Å². The largest absolute Gasteiger partial charge is 0.480 e. The highest BCUT2D eigenvalue weighted by Gasteiger charge is 2.39. The monoisotopic (exact) mass is 268 g/mol. The number of likely N-dealkylation sites (tertiary alicyclic amines) is 1. The molecular formula is C12H13FN2O4. The third-order valence-electron chi connectivity index (χ3n) is 2.94. The van der Waals surface area contributed by atoms with E-state index in [1.54, 1.807) is 6.07 Å². The molecular weight excluding hydrogens is 255 g/mol. The number of anilines is 1. The van der Waals surface area contributed by atoms with Crippen molar-refractivity contribution in [3.63, 3.8) is 0 Å². The molecule has 1 aliphatic heterocycles. The summed E-state index contributed by atoms with van der Waals surface area (Å²) in [5.41, 5.74) is -0.0296. The van der Waals surface area contributed by atoms with Crippen molar-refractivity contribution in [3.8, 4) is 0 Å². The fraction of sp³-hybridized carbons (Fsp3) is 0.333. The van der Waals surface area contributed by atoms with Gasteiger partial charge in [-0.25, -0.2) is 14.0 Å². The van der Waals surface area contributed by atoms with Crippen molar-refractivity contribution in [1.29, 1.82) is 0 Å². The molecule has 1 aromatic rings. The van der Waals surface area contributed by atoms with E-state index < -0.39 is 30.0 Å². The van der Waals surface area contributed by atoms with Crippen LogP contribution in [0.5, 0.6) is 0 Å². The third kappa shape index (κ3) is 2.82. The van der Waals surface area contributed by atoms with Crippen molar-refractivity contribution < 1.29 is 24.2 Å². The number of aliphatic hydroxyl groups is 1. The summed E-state index contributed by atoms with van der Waals surface area (Å²) in [5.74, 6) is -1.80. The molecule has 1 aromatic carbocycles. The summed E-state index contributed by atoms with van der Waals surface area (Å²) in [4.78, 5) is 23.9. The minimum absolute atomic E-state index is 0.0278. The van der Waals surface area contributed by atoms with Crippen molar-refractivity contribution in [1.82, 2.24) is 4.90 Å². The highest BCUT2D eigenvalue weighted by molar-refractivity contribution is 5.92. The Balaban J connectivity index is 2.11. The lowest BCUT2D eigenvalue weighted by atomic mass is 10.2. The van der Waals surface area contributed by atoms with Crippen molar-refractivity contribution in [2.45, 2.75) is 18.6 Å². The number of aliphatic carboxylic acids is 1. The molecule has 0 aromatic heterocycles. The molecule has 2 atom stereocenters. The van der Waals surface area contributed by atoms with Crippen LogP contribution in [0.1, 0.15) is 6.42 Å². The number of benzene rings is 1. The maximum Gasteiger partial charge on any atom is 0.326 e. The Bertz CT molecular complexity index is 508. The molecule has 2 rings (SSSR count). The number of carbonyl (C=O) groups excluding carboxylic acids is 1. The lowest BCUT2D eigenvalue weighted by Gasteiger charge is -2.21. The number of halogens is 1. The van der Waals surface area contributed by atoms with Crippen molar-refractivity contribution in [2.75, 3.05) is 11.9 Å². The average Bonchev–Trinajstić information content (AvgIpc) is 2.74. The molecule has 1 aliphatic rings. The lowest BCUT2D eigenvalue weighted by Crippen LogP contribution is -2.43. The minimum Gasteiger partial charge on any atom is -0.480 e. The zero-order chi connectivity index (χ0) is 14.0. The number of rotatable bonds is 2. The molecule has 3 N–H and O–H groups in total. The van der Waals surface area contributed by atoms with Crippen LogP contribution in [0.25, 0.3) is 0 Å². The zero-order valence-electron chi connectivity index (χ0n) is 9.91. The van der Waals surface area contributed by atoms with Gasteiger partial charge in [0.1, 0.15) is 11.9 Å². The van der Waals surface area contributed by atoms with Gasteiger partial charge in [-0.3, -0.25) is 0 Å². The summed E-state index contributed by atoms with van der Waals surface area (Å²) >= 11 is 0. The maximum absolute atomic E-state index is 13.4. The predicted octanol–water partition coefficient (Wildman–Crippen LogP) is 0.877. The Kier molecular flexibility index (Phi) is 3.66. The third-order valence-corrected chi connectivity index (χ3v) is 2.94. The summed E-state index contributed by atoms with van der Waals surface area (Å²) in [7, 11) is 0. The summed E-state index contributed by atoms with van der Waals surface area (Å²) < 4.78 is 13.4. The minimum atomic E-state index is -1.19. The number of aliphatic hydroxyl groups excluding tert-OH is 1. The second-order valence-electron chi connectivity index (χ2n) is 4.31. The van der Waals surface area contributed by atoms with Gasteiger partial charge in [-0.1, -0.05) is 12.1 Å². The molecule has 1 fully saturated rings. The van der Waals surface area contributed by atoms with Crippen LogP contribution in [-0.4, -0.2) is 45.8 Å². The Morgan fingerprint density at radius 2 is 2.05 bits per heavy atom. The molecule has 0 spiro atoms. The van der Waals surface area contributed by atoms with Crippen molar-refractivity contribution in [2.24, 2.45) is 0 Å². The molecule has 0 bridgehead atoms. The number of amides is 2. The average molecular weight is 268 g/mol. The number of carboxylic acid groups (broad SMARTS) is 1. The predicted molar refractivity (Wildman–Crippen MR) is 64.2 cm³/mol. The molecule has 0 saturated carbocycles. The van der Waals surface area contributed by atoms with Gasteiger partial charge in [-0.2, -0.15) is 0 Å². The number of carboxylic acids is 1. The number of hydrogen-bond donors (Lipinski definition) is 3. The second kappa shape index (κ2) is 5.23. The van der Waals surface area contributed by atoms with E-state index in [0.29, 0.717) is 0 Å². The van der Waals surface area contributed by atoms with Gasteiger partial charge in [0.25, 0.3) is 0 Å². The molecule has 0 radical (unpaired) electrons. The van der Waals surface area contributed by atoms with Crippen LogP contribution >= 0.6 is 0 Å². The Morgan fingerprint density at radius 3 is 2.68 bits per heavy atom. The van der Waals surface area contributed by atoms with Crippen molar-refractivity contribution in [3.05, 3.63) is 30.1 Å². The van der Waals surface area contributed by atoms with Crippen LogP contribution in [0.4, 0.5) is 14.9 Å². The molecule has 0 aliphatic carbocycles. The first-order valence-electron chi connectivity index (χ1n) is 5.72. The zero-order valence-corrected chi connectivity index (χ0v) is 9.91. The molecule has 7 heteroatoms. The number of hydrogen-bond acceptors (Lipinski definition) is 3. The summed E-state index contributed by atoms with van der Waals surface area (Å²) in [6, 6.07) is 3.74. The van der Waals surface area contributed by atoms with Gasteiger partial charge in [0.05, 0.1) is 11.8 Å². The Morgan fingerprint density at radius 1 is 1.37 bits per heavy atom. The van der Waals surface area contributed by atoms with Crippen LogP contribution < -0.4 is 5.32 Å². The molecule has 19 heavy (non-hydrogen) atoms. The number of nitrogens with one attached hydrogen (secondary N) is 1. The number of carbonyl (C=O) groups is 2. The van der Waals surface area contributed by atoms with E-state index in [1.165, 1.54) is 18.2 Å². The van der Waals surface area contributed by atoms with Crippen LogP contribution in [0.2, 0.25) is 0 Å². The quantitative estimate of drug-likeness (QED) is 0.742. The van der Waals surface area contributed by atoms with Crippen LogP contribution in [0.3, 0.4) is 0 Å². The molecule has 1 saturated heterocycles. The van der Waals surface area contributed by atoms with Gasteiger partial charge < -0.3 is 20.4 Å². The number of nitrogens with zero attached hydrogens (tertiary/aromatic N) is 1. The second-order valence-corrected chi connectivity index (χ2v) is 4.31. The van der Waals surface area contributed by atoms with E-state index in [9.17, 15) is 19.1 Å². The van der Waals surface area contributed by atoms with Gasteiger partial charge >= 0.3 is 12.0 Å². The first kappa shape index (κ1) is 13.3. The van der Waals surface area contributed by atoms with Gasteiger partial charge in [-0.15, -0.1) is 0 Å². The Labute approximate surface area is 108 Å². The SMILES string of the molecule is O=C(O)C1CC(O)CN1C(=O)Nc1ccccc1F. The summed E-state index contributed by atoms with van der Waals surface area (Å²) in [5, 5.41) is 20.7. The van der Waals surface area contributed by atoms with Gasteiger partial charge in [0.15, 0.2) is 0 Å². The molecule has 6 nitrogen and oxygen atoms in total. The van der Waals surface area contributed by atoms with E-state index >= 15 is 0 Å². The summed E-state index contributed by atoms with van der Waals surface area (Å²) in [6.07, 6.45) is -0.910. The van der Waals surface area contributed by atoms with E-state index in [4.69, 9.17) is 5.11 Å². The maximum atomic E-state index is 13.4. The van der Waals surface area contributed by atoms with E-state index in [2.05, 4.69) is 5.32 Å². The highest BCUT2D eigenvalue weighted by Crippen LogP contribution is 2.20. The van der Waals surface area contributed by atoms with Crippen LogP contribution in [-0.2, 0) is 4.79 Å². The Hall–Kier alpha value is -2.15.